The summed E-state index contributed by atoms with van der Waals surface area (Å²) in [5.41, 5.74) is 2.80. The van der Waals surface area contributed by atoms with Crippen LogP contribution in [0.5, 0.6) is 0 Å². The molecule has 1 spiro atoms. The number of benzene rings is 1. The first-order valence-corrected chi connectivity index (χ1v) is 12.0. The number of likely N-dealkylation sites (N-methyl/N-ethyl adjacent to an activating group) is 1. The normalized spacial score (nSPS) is 32.9. The highest BCUT2D eigenvalue weighted by molar-refractivity contribution is 5.85. The van der Waals surface area contributed by atoms with Crippen molar-refractivity contribution in [3.63, 3.8) is 0 Å². The molecule has 172 valence electrons. The summed E-state index contributed by atoms with van der Waals surface area (Å²) in [5, 5.41) is 10.8. The lowest BCUT2D eigenvalue weighted by atomic mass is 9.69. The summed E-state index contributed by atoms with van der Waals surface area (Å²) in [6, 6.07) is 8.11. The number of hydroxylamine groups is 2. The van der Waals surface area contributed by atoms with Gasteiger partial charge in [-0.25, -0.2) is 4.68 Å². The van der Waals surface area contributed by atoms with Crippen molar-refractivity contribution in [2.45, 2.75) is 77.7 Å². The van der Waals surface area contributed by atoms with E-state index in [1.807, 2.05) is 22.8 Å². The number of aromatic nitrogens is 3. The number of fused-ring (bicyclic) bond motifs is 2. The summed E-state index contributed by atoms with van der Waals surface area (Å²) in [6.45, 7) is 9.54. The van der Waals surface area contributed by atoms with Crippen molar-refractivity contribution in [1.29, 1.82) is 0 Å². The van der Waals surface area contributed by atoms with E-state index in [0.29, 0.717) is 30.7 Å². The van der Waals surface area contributed by atoms with E-state index in [9.17, 15) is 4.79 Å². The molecule has 1 amide bonds. The minimum absolute atomic E-state index is 0.0767. The predicted octanol–water partition coefficient (Wildman–Crippen LogP) is 3.89. The number of rotatable bonds is 4. The second-order valence-electron chi connectivity index (χ2n) is 10.5. The number of nitrogens with zero attached hydrogens (tertiary/aromatic N) is 5. The van der Waals surface area contributed by atoms with Crippen LogP contribution in [0.3, 0.4) is 0 Å². The van der Waals surface area contributed by atoms with Crippen LogP contribution >= 0.6 is 0 Å². The maximum absolute atomic E-state index is 13.3. The van der Waals surface area contributed by atoms with E-state index in [1.165, 1.54) is 12.0 Å². The van der Waals surface area contributed by atoms with Gasteiger partial charge in [-0.2, -0.15) is 5.06 Å². The lowest BCUT2D eigenvalue weighted by Gasteiger charge is -2.52. The van der Waals surface area contributed by atoms with Gasteiger partial charge in [0.2, 0.25) is 5.91 Å². The Balaban J connectivity index is 1.36. The molecule has 1 aliphatic carbocycles. The molecule has 0 radical (unpaired) electrons. The number of carbonyl (C=O) groups excluding carboxylic acids is 1. The van der Waals surface area contributed by atoms with E-state index in [1.54, 1.807) is 0 Å². The quantitative estimate of drug-likeness (QED) is 0.726. The molecule has 0 N–H and O–H groups in total. The molecule has 5 rings (SSSR count). The van der Waals surface area contributed by atoms with E-state index >= 15 is 0 Å². The molecule has 2 aromatic rings. The van der Waals surface area contributed by atoms with E-state index in [4.69, 9.17) is 4.84 Å². The lowest BCUT2D eigenvalue weighted by molar-refractivity contribution is -0.265. The fraction of sp³-hybridized carbons (Fsp3) is 0.640. The van der Waals surface area contributed by atoms with Crippen molar-refractivity contribution in [2.24, 2.45) is 17.8 Å². The Labute approximate surface area is 190 Å². The van der Waals surface area contributed by atoms with Crippen LogP contribution in [0, 0.1) is 24.7 Å². The molecule has 1 aromatic heterocycles. The molecule has 2 aliphatic heterocycles. The van der Waals surface area contributed by atoms with Crippen molar-refractivity contribution in [1.82, 2.24) is 25.0 Å². The fourth-order valence-electron chi connectivity index (χ4n) is 6.27. The third kappa shape index (κ3) is 3.37. The Morgan fingerprint density at radius 1 is 1.22 bits per heavy atom. The molecule has 0 unspecified atom stereocenters. The standard InChI is InChI=1S/C25H35N5O2/c1-16(2)21-11-8-18(4)13-25(21)28(5)24(31)23-12-20(32-30(23)25)14-29-15-22(26-27-29)19-9-6-17(3)7-10-19/h6-7,9-10,15-16,18,20-21,23H,8,11-14H2,1-5H3/t18-,20+,21+,23+,25+/m1/s1. The molecule has 1 saturated carbocycles. The largest absolute Gasteiger partial charge is 0.323 e. The van der Waals surface area contributed by atoms with E-state index in [0.717, 1.165) is 24.1 Å². The van der Waals surface area contributed by atoms with Crippen molar-refractivity contribution < 1.29 is 9.63 Å². The van der Waals surface area contributed by atoms with Crippen molar-refractivity contribution in [3.05, 3.63) is 36.0 Å². The minimum atomic E-state index is -0.336. The number of hydrogen-bond acceptors (Lipinski definition) is 5. The van der Waals surface area contributed by atoms with Crippen LogP contribution in [0.1, 0.15) is 52.0 Å². The first-order valence-electron chi connectivity index (χ1n) is 12.0. The topological polar surface area (TPSA) is 63.5 Å². The average Bonchev–Trinajstić information content (AvgIpc) is 3.44. The Kier molecular flexibility index (Phi) is 5.37. The van der Waals surface area contributed by atoms with Gasteiger partial charge in [0.15, 0.2) is 0 Å². The SMILES string of the molecule is Cc1ccc(-c2cn(C[C@@H]3C[C@H]4C(=O)N(C)[C@@]5(C[C@H](C)CC[C@H]5C(C)C)N4O3)nn2)cc1. The zero-order chi connectivity index (χ0) is 22.6. The Bertz CT molecular complexity index is 986. The maximum Gasteiger partial charge on any atom is 0.243 e. The minimum Gasteiger partial charge on any atom is -0.323 e. The number of carbonyl (C=O) groups is 1. The first-order chi connectivity index (χ1) is 15.3. The van der Waals surface area contributed by atoms with Crippen LogP contribution < -0.4 is 0 Å². The average molecular weight is 438 g/mol. The van der Waals surface area contributed by atoms with Crippen LogP contribution in [0.4, 0.5) is 0 Å². The molecular weight excluding hydrogens is 402 g/mol. The van der Waals surface area contributed by atoms with Crippen molar-refractivity contribution in [2.75, 3.05) is 7.05 Å². The second-order valence-corrected chi connectivity index (χ2v) is 10.5. The first kappa shape index (κ1) is 21.6. The third-order valence-corrected chi connectivity index (χ3v) is 7.90. The van der Waals surface area contributed by atoms with Gasteiger partial charge in [0.1, 0.15) is 23.5 Å². The van der Waals surface area contributed by atoms with Gasteiger partial charge in [-0.1, -0.05) is 62.2 Å². The van der Waals surface area contributed by atoms with Gasteiger partial charge in [-0.05, 0) is 31.6 Å². The van der Waals surface area contributed by atoms with Gasteiger partial charge in [0.05, 0.1) is 12.7 Å². The van der Waals surface area contributed by atoms with E-state index < -0.39 is 0 Å². The summed E-state index contributed by atoms with van der Waals surface area (Å²) in [5.74, 6) is 1.68. The van der Waals surface area contributed by atoms with Crippen molar-refractivity contribution in [3.8, 4) is 11.3 Å². The maximum atomic E-state index is 13.3. The fourth-order valence-corrected chi connectivity index (χ4v) is 6.27. The summed E-state index contributed by atoms with van der Waals surface area (Å²) >= 11 is 0. The Morgan fingerprint density at radius 3 is 2.69 bits per heavy atom. The number of amides is 1. The number of aryl methyl sites for hydroxylation is 1. The summed E-state index contributed by atoms with van der Waals surface area (Å²) < 4.78 is 1.85. The molecule has 3 fully saturated rings. The zero-order valence-corrected chi connectivity index (χ0v) is 19.9. The molecule has 3 heterocycles. The molecule has 3 aliphatic rings. The summed E-state index contributed by atoms with van der Waals surface area (Å²) in [4.78, 5) is 21.9. The van der Waals surface area contributed by atoms with Gasteiger partial charge in [-0.3, -0.25) is 9.63 Å². The summed E-state index contributed by atoms with van der Waals surface area (Å²) in [6.07, 6.45) is 5.92. The highest BCUT2D eigenvalue weighted by Gasteiger charge is 2.64. The molecule has 1 aromatic carbocycles. The molecule has 7 nitrogen and oxygen atoms in total. The predicted molar refractivity (Wildman–Crippen MR) is 122 cm³/mol. The number of hydrogen-bond donors (Lipinski definition) is 0. The molecule has 0 bridgehead atoms. The summed E-state index contributed by atoms with van der Waals surface area (Å²) in [7, 11) is 1.98. The molecule has 32 heavy (non-hydrogen) atoms. The zero-order valence-electron chi connectivity index (χ0n) is 19.9. The van der Waals surface area contributed by atoms with Crippen LogP contribution in [-0.4, -0.2) is 55.7 Å². The smallest absolute Gasteiger partial charge is 0.243 e. The van der Waals surface area contributed by atoms with E-state index in [2.05, 4.69) is 67.3 Å². The Morgan fingerprint density at radius 2 is 1.97 bits per heavy atom. The second kappa shape index (κ2) is 7.96. The third-order valence-electron chi connectivity index (χ3n) is 7.90. The van der Waals surface area contributed by atoms with Crippen LogP contribution in [0.15, 0.2) is 30.5 Å². The molecule has 5 atom stereocenters. The van der Waals surface area contributed by atoms with E-state index in [-0.39, 0.29) is 23.7 Å². The van der Waals surface area contributed by atoms with Crippen LogP contribution in [0.25, 0.3) is 11.3 Å². The highest BCUT2D eigenvalue weighted by Crippen LogP contribution is 2.53. The van der Waals surface area contributed by atoms with Crippen LogP contribution in [-0.2, 0) is 16.2 Å². The highest BCUT2D eigenvalue weighted by atomic mass is 16.7. The monoisotopic (exact) mass is 437 g/mol. The van der Waals surface area contributed by atoms with Gasteiger partial charge in [0.25, 0.3) is 0 Å². The Hall–Kier alpha value is -2.25. The van der Waals surface area contributed by atoms with Gasteiger partial charge >= 0.3 is 0 Å². The molecular formula is C25H35N5O2. The van der Waals surface area contributed by atoms with Crippen molar-refractivity contribution >= 4 is 5.91 Å². The lowest BCUT2D eigenvalue weighted by Crippen LogP contribution is -2.61. The molecule has 7 heteroatoms. The van der Waals surface area contributed by atoms with Crippen LogP contribution in [0.2, 0.25) is 0 Å². The van der Waals surface area contributed by atoms with Gasteiger partial charge in [0, 0.05) is 24.9 Å². The molecule has 2 saturated heterocycles. The van der Waals surface area contributed by atoms with Gasteiger partial charge in [-0.15, -0.1) is 5.10 Å². The van der Waals surface area contributed by atoms with Gasteiger partial charge < -0.3 is 4.90 Å².